The van der Waals surface area contributed by atoms with Gasteiger partial charge in [0.2, 0.25) is 10.0 Å². The number of rotatable bonds is 3. The minimum atomic E-state index is -4.62. The van der Waals surface area contributed by atoms with Crippen LogP contribution in [0.15, 0.2) is 18.2 Å². The average molecular weight is 375 g/mol. The summed E-state index contributed by atoms with van der Waals surface area (Å²) in [5.74, 6) is -0.0147. The van der Waals surface area contributed by atoms with Gasteiger partial charge in [0.05, 0.1) is 22.9 Å². The first-order valence-corrected chi connectivity index (χ1v) is 9.49. The number of nitriles is 1. The molecule has 25 heavy (non-hydrogen) atoms. The van der Waals surface area contributed by atoms with Gasteiger partial charge in [0.1, 0.15) is 0 Å². The largest absolute Gasteiger partial charge is 0.417 e. The molecule has 1 fully saturated rings. The third-order valence-corrected chi connectivity index (χ3v) is 6.36. The van der Waals surface area contributed by atoms with Gasteiger partial charge in [0.25, 0.3) is 0 Å². The summed E-state index contributed by atoms with van der Waals surface area (Å²) in [5, 5.41) is 8.89. The zero-order valence-electron chi connectivity index (χ0n) is 14.2. The van der Waals surface area contributed by atoms with Crippen molar-refractivity contribution < 1.29 is 21.6 Å². The Morgan fingerprint density at radius 2 is 1.88 bits per heavy atom. The molecule has 1 aromatic carbocycles. The molecule has 0 bridgehead atoms. The van der Waals surface area contributed by atoms with Crippen molar-refractivity contribution in [1.29, 1.82) is 5.26 Å². The number of hydrogen-bond acceptors (Lipinski definition) is 4. The molecule has 0 spiro atoms. The Kier molecular flexibility index (Phi) is 5.35. The molecule has 0 aromatic heterocycles. The Balaban J connectivity index is 2.37. The molecule has 1 aromatic rings. The zero-order chi connectivity index (χ0) is 19.0. The lowest BCUT2D eigenvalue weighted by molar-refractivity contribution is -0.137. The molecule has 2 unspecified atom stereocenters. The van der Waals surface area contributed by atoms with Crippen LogP contribution in [0.2, 0.25) is 0 Å². The van der Waals surface area contributed by atoms with Crippen LogP contribution in [0, 0.1) is 11.3 Å². The summed E-state index contributed by atoms with van der Waals surface area (Å²) in [6.45, 7) is 5.56. The Morgan fingerprint density at radius 1 is 1.24 bits per heavy atom. The lowest BCUT2D eigenvalue weighted by atomic mass is 10.0. The Morgan fingerprint density at radius 3 is 2.40 bits per heavy atom. The highest BCUT2D eigenvalue weighted by Gasteiger charge is 2.37. The van der Waals surface area contributed by atoms with E-state index in [9.17, 15) is 21.6 Å². The topological polar surface area (TPSA) is 64.4 Å². The molecular weight excluding hydrogens is 355 g/mol. The normalized spacial score (nSPS) is 22.7. The van der Waals surface area contributed by atoms with Gasteiger partial charge in [-0.25, -0.2) is 8.42 Å². The molecular formula is C16H20F3N3O2S. The molecule has 9 heteroatoms. The zero-order valence-corrected chi connectivity index (χ0v) is 15.0. The van der Waals surface area contributed by atoms with E-state index in [4.69, 9.17) is 5.26 Å². The fourth-order valence-corrected chi connectivity index (χ4v) is 4.44. The van der Waals surface area contributed by atoms with Crippen molar-refractivity contribution in [2.75, 3.05) is 23.7 Å². The predicted octanol–water partition coefficient (Wildman–Crippen LogP) is 2.83. The van der Waals surface area contributed by atoms with E-state index in [0.29, 0.717) is 5.69 Å². The Hall–Kier alpha value is -1.79. The van der Waals surface area contributed by atoms with Crippen LogP contribution in [0.3, 0.4) is 0 Å². The quantitative estimate of drug-likeness (QED) is 0.815. The lowest BCUT2D eigenvalue weighted by Crippen LogP contribution is -2.58. The average Bonchev–Trinajstić information content (AvgIpc) is 2.55. The number of anilines is 1. The second-order valence-corrected chi connectivity index (χ2v) is 8.37. The maximum absolute atomic E-state index is 13.2. The molecule has 2 atom stereocenters. The van der Waals surface area contributed by atoms with Crippen LogP contribution in [0.5, 0.6) is 0 Å². The Labute approximate surface area is 145 Å². The molecule has 1 heterocycles. The van der Waals surface area contributed by atoms with Crippen LogP contribution in [0.1, 0.15) is 31.9 Å². The summed E-state index contributed by atoms with van der Waals surface area (Å²) in [4.78, 5) is 1.75. The highest BCUT2D eigenvalue weighted by atomic mass is 32.2. The van der Waals surface area contributed by atoms with E-state index in [0.717, 1.165) is 12.1 Å². The van der Waals surface area contributed by atoms with Crippen molar-refractivity contribution in [1.82, 2.24) is 4.31 Å². The molecule has 0 N–H and O–H groups in total. The molecule has 138 valence electrons. The van der Waals surface area contributed by atoms with E-state index in [1.165, 1.54) is 10.4 Å². The summed E-state index contributed by atoms with van der Waals surface area (Å²) in [6.07, 6.45) is -4.62. The monoisotopic (exact) mass is 375 g/mol. The van der Waals surface area contributed by atoms with Crippen LogP contribution >= 0.6 is 0 Å². The maximum Gasteiger partial charge on any atom is 0.417 e. The van der Waals surface area contributed by atoms with Gasteiger partial charge in [0.15, 0.2) is 0 Å². The third-order valence-electron chi connectivity index (χ3n) is 4.41. The first kappa shape index (κ1) is 19.5. The number of sulfonamides is 1. The van der Waals surface area contributed by atoms with Crippen LogP contribution < -0.4 is 4.90 Å². The van der Waals surface area contributed by atoms with Crippen molar-refractivity contribution in [3.8, 4) is 6.07 Å². The second-order valence-electron chi connectivity index (χ2n) is 6.16. The van der Waals surface area contributed by atoms with E-state index in [-0.39, 0.29) is 30.9 Å². The van der Waals surface area contributed by atoms with Gasteiger partial charge in [-0.2, -0.15) is 22.7 Å². The first-order chi connectivity index (χ1) is 11.5. The van der Waals surface area contributed by atoms with Gasteiger partial charge in [-0.1, -0.05) is 0 Å². The first-order valence-electron chi connectivity index (χ1n) is 7.88. The third kappa shape index (κ3) is 3.90. The fraction of sp³-hybridized carbons (Fsp3) is 0.562. The molecule has 1 aliphatic heterocycles. The number of benzene rings is 1. The standard InChI is InChI=1S/C16H20F3N3O2S/c1-4-25(23,24)22-10-11(2)21(9-12(22)3)14-6-5-13(8-20)15(7-14)16(17,18)19/h5-7,11-12H,4,9-10H2,1-3H3. The van der Waals surface area contributed by atoms with E-state index < -0.39 is 27.3 Å². The van der Waals surface area contributed by atoms with E-state index in [2.05, 4.69) is 0 Å². The van der Waals surface area contributed by atoms with Crippen molar-refractivity contribution in [3.63, 3.8) is 0 Å². The minimum Gasteiger partial charge on any atom is -0.366 e. The number of alkyl halides is 3. The van der Waals surface area contributed by atoms with E-state index in [1.54, 1.807) is 31.7 Å². The van der Waals surface area contributed by atoms with E-state index in [1.807, 2.05) is 0 Å². The van der Waals surface area contributed by atoms with Crippen molar-refractivity contribution in [2.24, 2.45) is 0 Å². The van der Waals surface area contributed by atoms with Gasteiger partial charge < -0.3 is 4.90 Å². The Bertz CT molecular complexity index is 787. The van der Waals surface area contributed by atoms with Gasteiger partial charge in [-0.3, -0.25) is 0 Å². The highest BCUT2D eigenvalue weighted by molar-refractivity contribution is 7.89. The fourth-order valence-electron chi connectivity index (χ4n) is 3.05. The molecule has 0 radical (unpaired) electrons. The van der Waals surface area contributed by atoms with E-state index >= 15 is 0 Å². The van der Waals surface area contributed by atoms with Crippen LogP contribution in [0.4, 0.5) is 18.9 Å². The van der Waals surface area contributed by atoms with Gasteiger partial charge in [0, 0.05) is 30.9 Å². The summed E-state index contributed by atoms with van der Waals surface area (Å²) < 4.78 is 65.2. The molecule has 1 saturated heterocycles. The smallest absolute Gasteiger partial charge is 0.366 e. The highest BCUT2D eigenvalue weighted by Crippen LogP contribution is 2.35. The van der Waals surface area contributed by atoms with Crippen LogP contribution in [-0.4, -0.2) is 43.6 Å². The van der Waals surface area contributed by atoms with Crippen molar-refractivity contribution in [3.05, 3.63) is 29.3 Å². The molecule has 0 amide bonds. The summed E-state index contributed by atoms with van der Waals surface area (Å²) in [7, 11) is -3.37. The van der Waals surface area contributed by atoms with Gasteiger partial charge in [-0.05, 0) is 39.0 Å². The number of halogens is 3. The molecule has 1 aliphatic rings. The summed E-state index contributed by atoms with van der Waals surface area (Å²) >= 11 is 0. The number of nitrogens with zero attached hydrogens (tertiary/aromatic N) is 3. The van der Waals surface area contributed by atoms with Gasteiger partial charge >= 0.3 is 6.18 Å². The van der Waals surface area contributed by atoms with Crippen molar-refractivity contribution >= 4 is 15.7 Å². The lowest BCUT2D eigenvalue weighted by Gasteiger charge is -2.44. The van der Waals surface area contributed by atoms with Gasteiger partial charge in [-0.15, -0.1) is 0 Å². The molecule has 0 saturated carbocycles. The predicted molar refractivity (Wildman–Crippen MR) is 88.6 cm³/mol. The SMILES string of the molecule is CCS(=O)(=O)N1CC(C)N(c2ccc(C#N)c(C(F)(F)F)c2)CC1C. The van der Waals surface area contributed by atoms with Crippen LogP contribution in [-0.2, 0) is 16.2 Å². The molecule has 2 rings (SSSR count). The molecule has 0 aliphatic carbocycles. The maximum atomic E-state index is 13.2. The van der Waals surface area contributed by atoms with Crippen LogP contribution in [0.25, 0.3) is 0 Å². The van der Waals surface area contributed by atoms with Crippen molar-refractivity contribution in [2.45, 2.75) is 39.0 Å². The second kappa shape index (κ2) is 6.84. The number of hydrogen-bond donors (Lipinski definition) is 0. The summed E-state index contributed by atoms with van der Waals surface area (Å²) in [6, 6.07) is 4.51. The molecule has 5 nitrogen and oxygen atoms in total. The minimum absolute atomic E-state index is 0.0147. The summed E-state index contributed by atoms with van der Waals surface area (Å²) in [5.41, 5.74) is -1.07. The number of piperazine rings is 1.